The highest BCUT2D eigenvalue weighted by Gasteiger charge is 2.37. The summed E-state index contributed by atoms with van der Waals surface area (Å²) >= 11 is 3.34. The second-order valence-electron chi connectivity index (χ2n) is 6.94. The van der Waals surface area contributed by atoms with Crippen molar-refractivity contribution in [1.82, 2.24) is 9.62 Å². The monoisotopic (exact) mass is 464 g/mol. The first-order valence-electron chi connectivity index (χ1n) is 9.55. The fourth-order valence-electron chi connectivity index (χ4n) is 3.52. The van der Waals surface area contributed by atoms with Gasteiger partial charge in [0.15, 0.2) is 0 Å². The molecule has 0 aromatic heterocycles. The molecule has 0 spiro atoms. The maximum absolute atomic E-state index is 13.3. The van der Waals surface area contributed by atoms with Crippen LogP contribution in [0.25, 0.3) is 0 Å². The summed E-state index contributed by atoms with van der Waals surface area (Å²) in [4.78, 5) is 12.8. The first-order valence-corrected chi connectivity index (χ1v) is 11.8. The van der Waals surface area contributed by atoms with E-state index in [4.69, 9.17) is 0 Å². The van der Waals surface area contributed by atoms with Crippen LogP contribution in [0.1, 0.15) is 43.4 Å². The predicted octanol–water partition coefficient (Wildman–Crippen LogP) is 4.04. The van der Waals surface area contributed by atoms with Gasteiger partial charge in [0.1, 0.15) is 0 Å². The van der Waals surface area contributed by atoms with Crippen LogP contribution in [0, 0.1) is 0 Å². The molecular formula is C21H25BrN2O3S. The van der Waals surface area contributed by atoms with Crippen molar-refractivity contribution in [2.45, 2.75) is 43.5 Å². The third-order valence-electron chi connectivity index (χ3n) is 5.01. The van der Waals surface area contributed by atoms with Crippen molar-refractivity contribution in [3.8, 4) is 0 Å². The SMILES string of the molecule is CCCCNC(=O)C[C@@H]1c2ccccc2CCN1S(=O)(=O)c1ccc(Br)cc1. The van der Waals surface area contributed by atoms with E-state index in [0.717, 1.165) is 28.4 Å². The summed E-state index contributed by atoms with van der Waals surface area (Å²) < 4.78 is 29.0. The molecule has 1 N–H and O–H groups in total. The van der Waals surface area contributed by atoms with E-state index < -0.39 is 16.1 Å². The summed E-state index contributed by atoms with van der Waals surface area (Å²) in [5.74, 6) is -0.119. The zero-order valence-corrected chi connectivity index (χ0v) is 18.3. The summed E-state index contributed by atoms with van der Waals surface area (Å²) in [7, 11) is -3.71. The molecular weight excluding hydrogens is 440 g/mol. The number of carbonyl (C=O) groups excluding carboxylic acids is 1. The molecule has 0 radical (unpaired) electrons. The van der Waals surface area contributed by atoms with Crippen LogP contribution >= 0.6 is 15.9 Å². The zero-order valence-electron chi connectivity index (χ0n) is 15.9. The Bertz CT molecular complexity index is 929. The van der Waals surface area contributed by atoms with Crippen LogP contribution in [0.4, 0.5) is 0 Å². The molecule has 1 atom stereocenters. The number of halogens is 1. The Hall–Kier alpha value is -1.70. The lowest BCUT2D eigenvalue weighted by Gasteiger charge is -2.36. The van der Waals surface area contributed by atoms with Gasteiger partial charge in [-0.15, -0.1) is 0 Å². The number of fused-ring (bicyclic) bond motifs is 1. The quantitative estimate of drug-likeness (QED) is 0.628. The Labute approximate surface area is 175 Å². The van der Waals surface area contributed by atoms with E-state index in [1.807, 2.05) is 24.3 Å². The van der Waals surface area contributed by atoms with E-state index in [-0.39, 0.29) is 17.2 Å². The van der Waals surface area contributed by atoms with Gasteiger partial charge in [-0.05, 0) is 48.2 Å². The molecule has 1 amide bonds. The molecule has 0 aliphatic carbocycles. The van der Waals surface area contributed by atoms with Gasteiger partial charge >= 0.3 is 0 Å². The number of nitrogens with one attached hydrogen (secondary N) is 1. The molecule has 1 aliphatic heterocycles. The molecule has 0 fully saturated rings. The number of benzene rings is 2. The lowest BCUT2D eigenvalue weighted by molar-refractivity contribution is -0.122. The third kappa shape index (κ3) is 4.64. The highest BCUT2D eigenvalue weighted by Crippen LogP contribution is 2.36. The van der Waals surface area contributed by atoms with Gasteiger partial charge in [-0.25, -0.2) is 8.42 Å². The summed E-state index contributed by atoms with van der Waals surface area (Å²) in [5.41, 5.74) is 2.02. The average Bonchev–Trinajstić information content (AvgIpc) is 2.68. The van der Waals surface area contributed by atoms with E-state index in [2.05, 4.69) is 28.2 Å². The number of amides is 1. The van der Waals surface area contributed by atoms with Gasteiger partial charge in [-0.3, -0.25) is 4.79 Å². The summed E-state index contributed by atoms with van der Waals surface area (Å²) in [5, 5.41) is 2.91. The topological polar surface area (TPSA) is 66.5 Å². The lowest BCUT2D eigenvalue weighted by atomic mass is 9.92. The predicted molar refractivity (Wildman–Crippen MR) is 113 cm³/mol. The van der Waals surface area contributed by atoms with Crippen LogP contribution < -0.4 is 5.32 Å². The number of unbranched alkanes of at least 4 members (excludes halogenated alkanes) is 1. The van der Waals surface area contributed by atoms with Crippen LogP contribution in [0.2, 0.25) is 0 Å². The van der Waals surface area contributed by atoms with Crippen LogP contribution in [-0.2, 0) is 21.2 Å². The fourth-order valence-corrected chi connectivity index (χ4v) is 5.39. The van der Waals surface area contributed by atoms with Crippen LogP contribution in [0.3, 0.4) is 0 Å². The molecule has 1 heterocycles. The Kier molecular flexibility index (Phi) is 6.91. The molecule has 2 aromatic carbocycles. The largest absolute Gasteiger partial charge is 0.356 e. The van der Waals surface area contributed by atoms with Gasteiger partial charge in [-0.1, -0.05) is 53.5 Å². The summed E-state index contributed by atoms with van der Waals surface area (Å²) in [6.07, 6.45) is 2.67. The van der Waals surface area contributed by atoms with Crippen molar-refractivity contribution in [1.29, 1.82) is 0 Å². The van der Waals surface area contributed by atoms with E-state index in [1.165, 1.54) is 4.31 Å². The first-order chi connectivity index (χ1) is 13.4. The molecule has 0 saturated carbocycles. The second-order valence-corrected chi connectivity index (χ2v) is 9.75. The zero-order chi connectivity index (χ0) is 20.1. The van der Waals surface area contributed by atoms with Gasteiger partial charge in [-0.2, -0.15) is 4.31 Å². The Morgan fingerprint density at radius 1 is 1.18 bits per heavy atom. The lowest BCUT2D eigenvalue weighted by Crippen LogP contribution is -2.42. The molecule has 0 saturated heterocycles. The second kappa shape index (κ2) is 9.20. The molecule has 5 nitrogen and oxygen atoms in total. The van der Waals surface area contributed by atoms with E-state index >= 15 is 0 Å². The van der Waals surface area contributed by atoms with Crippen molar-refractivity contribution >= 4 is 31.9 Å². The van der Waals surface area contributed by atoms with Crippen LogP contribution in [-0.4, -0.2) is 31.7 Å². The van der Waals surface area contributed by atoms with E-state index in [1.54, 1.807) is 24.3 Å². The standard InChI is InChI=1S/C21H25BrN2O3S/c1-2-3-13-23-21(25)15-20-19-7-5-4-6-16(19)12-14-24(20)28(26,27)18-10-8-17(22)9-11-18/h4-11,20H,2-3,12-15H2,1H3,(H,23,25)/t20-/m1/s1. The number of carbonyl (C=O) groups is 1. The van der Waals surface area contributed by atoms with Gasteiger partial charge in [0, 0.05) is 24.0 Å². The number of hydrogen-bond acceptors (Lipinski definition) is 3. The summed E-state index contributed by atoms with van der Waals surface area (Å²) in [6, 6.07) is 13.9. The molecule has 0 bridgehead atoms. The molecule has 0 unspecified atom stereocenters. The first kappa shape index (κ1) is 21.0. The molecule has 2 aromatic rings. The molecule has 7 heteroatoms. The van der Waals surface area contributed by atoms with Crippen LogP contribution in [0.15, 0.2) is 57.9 Å². The van der Waals surface area contributed by atoms with Crippen LogP contribution in [0.5, 0.6) is 0 Å². The maximum Gasteiger partial charge on any atom is 0.243 e. The van der Waals surface area contributed by atoms with Crippen molar-refractivity contribution < 1.29 is 13.2 Å². The van der Waals surface area contributed by atoms with Gasteiger partial charge in [0.05, 0.1) is 10.9 Å². The smallest absolute Gasteiger partial charge is 0.243 e. The Morgan fingerprint density at radius 3 is 2.61 bits per heavy atom. The highest BCUT2D eigenvalue weighted by molar-refractivity contribution is 9.10. The summed E-state index contributed by atoms with van der Waals surface area (Å²) in [6.45, 7) is 3.04. The number of sulfonamides is 1. The van der Waals surface area contributed by atoms with Crippen molar-refractivity contribution in [2.24, 2.45) is 0 Å². The fraction of sp³-hybridized carbons (Fsp3) is 0.381. The minimum atomic E-state index is -3.71. The highest BCUT2D eigenvalue weighted by atomic mass is 79.9. The van der Waals surface area contributed by atoms with Gasteiger partial charge in [0.2, 0.25) is 15.9 Å². The maximum atomic E-state index is 13.3. The molecule has 3 rings (SSSR count). The van der Waals surface area contributed by atoms with Gasteiger partial charge < -0.3 is 5.32 Å². The normalized spacial score (nSPS) is 17.1. The van der Waals surface area contributed by atoms with Crippen molar-refractivity contribution in [2.75, 3.05) is 13.1 Å². The van der Waals surface area contributed by atoms with E-state index in [9.17, 15) is 13.2 Å². The number of rotatable bonds is 7. The average molecular weight is 465 g/mol. The van der Waals surface area contributed by atoms with Gasteiger partial charge in [0.25, 0.3) is 0 Å². The Morgan fingerprint density at radius 2 is 1.89 bits per heavy atom. The molecule has 28 heavy (non-hydrogen) atoms. The minimum Gasteiger partial charge on any atom is -0.356 e. The van der Waals surface area contributed by atoms with Crippen molar-refractivity contribution in [3.05, 3.63) is 64.1 Å². The number of hydrogen-bond donors (Lipinski definition) is 1. The molecule has 1 aliphatic rings. The minimum absolute atomic E-state index is 0.119. The van der Waals surface area contributed by atoms with E-state index in [0.29, 0.717) is 19.5 Å². The number of nitrogens with zero attached hydrogens (tertiary/aromatic N) is 1. The van der Waals surface area contributed by atoms with Crippen molar-refractivity contribution in [3.63, 3.8) is 0 Å². The third-order valence-corrected chi connectivity index (χ3v) is 7.47. The Balaban J connectivity index is 1.92. The molecule has 150 valence electrons.